The lowest BCUT2D eigenvalue weighted by Gasteiger charge is -2.32. The van der Waals surface area contributed by atoms with Crippen LogP contribution in [0.15, 0.2) is 18.2 Å². The first-order valence-corrected chi connectivity index (χ1v) is 8.53. The molecule has 1 fully saturated rings. The largest absolute Gasteiger partial charge is 0.497 e. The molecule has 0 bridgehead atoms. The Hall–Kier alpha value is -1.40. The quantitative estimate of drug-likeness (QED) is 0.777. The van der Waals surface area contributed by atoms with Crippen LogP contribution < -0.4 is 5.46 Å². The fourth-order valence-corrected chi connectivity index (χ4v) is 2.72. The number of hydrogen-bond acceptors (Lipinski definition) is 3. The molecule has 24 heavy (non-hydrogen) atoms. The van der Waals surface area contributed by atoms with Crippen molar-refractivity contribution in [1.82, 2.24) is 4.90 Å². The first-order valence-electron chi connectivity index (χ1n) is 8.53. The summed E-state index contributed by atoms with van der Waals surface area (Å²) in [4.78, 5) is 14.0. The van der Waals surface area contributed by atoms with Gasteiger partial charge in [-0.15, -0.1) is 0 Å². The first-order chi connectivity index (χ1) is 11.1. The van der Waals surface area contributed by atoms with Gasteiger partial charge in [0.1, 0.15) is 5.82 Å². The fraction of sp³-hybridized carbons (Fsp3) is 0.611. The Kier molecular flexibility index (Phi) is 5.40. The second-order valence-corrected chi connectivity index (χ2v) is 7.19. The lowest BCUT2D eigenvalue weighted by atomic mass is 9.77. The van der Waals surface area contributed by atoms with Gasteiger partial charge in [0.05, 0.1) is 17.6 Å². The molecule has 132 valence electrons. The van der Waals surface area contributed by atoms with Gasteiger partial charge in [-0.1, -0.05) is 12.1 Å². The molecule has 0 unspecified atom stereocenters. The molecule has 0 spiro atoms. The molecule has 1 amide bonds. The van der Waals surface area contributed by atoms with Gasteiger partial charge >= 0.3 is 7.12 Å². The Labute approximate surface area is 144 Å². The van der Waals surface area contributed by atoms with Gasteiger partial charge in [-0.25, -0.2) is 4.39 Å². The van der Waals surface area contributed by atoms with Crippen LogP contribution >= 0.6 is 0 Å². The molecule has 4 nitrogen and oxygen atoms in total. The number of amides is 1. The van der Waals surface area contributed by atoms with Gasteiger partial charge in [0.2, 0.25) is 5.91 Å². The van der Waals surface area contributed by atoms with E-state index in [2.05, 4.69) is 0 Å². The third-order valence-corrected chi connectivity index (χ3v) is 5.04. The van der Waals surface area contributed by atoms with E-state index in [1.54, 1.807) is 17.0 Å². The number of carbonyl (C=O) groups is 1. The number of rotatable bonds is 5. The van der Waals surface area contributed by atoms with Crippen LogP contribution in [-0.4, -0.2) is 42.2 Å². The van der Waals surface area contributed by atoms with Crippen LogP contribution in [0.1, 0.15) is 47.1 Å². The van der Waals surface area contributed by atoms with Crippen molar-refractivity contribution >= 4 is 18.5 Å². The summed E-state index contributed by atoms with van der Waals surface area (Å²) in [5.74, 6) is -0.348. The first kappa shape index (κ1) is 18.9. The summed E-state index contributed by atoms with van der Waals surface area (Å²) < 4.78 is 26.1. The van der Waals surface area contributed by atoms with Crippen LogP contribution in [0.2, 0.25) is 0 Å². The van der Waals surface area contributed by atoms with Crippen molar-refractivity contribution in [2.45, 2.75) is 59.2 Å². The zero-order valence-electron chi connectivity index (χ0n) is 15.5. The number of carbonyl (C=O) groups excluding carboxylic acids is 1. The smallest absolute Gasteiger partial charge is 0.399 e. The third-order valence-electron chi connectivity index (χ3n) is 5.04. The topological polar surface area (TPSA) is 38.8 Å². The van der Waals surface area contributed by atoms with E-state index in [1.807, 2.05) is 41.5 Å². The zero-order chi connectivity index (χ0) is 18.1. The standard InChI is InChI=1S/C18H27BFNO3/c1-7-21(8-2)16(22)12-13-9-10-15(20)14(11-13)19-23-17(3,4)18(5,6)24-19/h9-11H,7-8,12H2,1-6H3. The lowest BCUT2D eigenvalue weighted by Crippen LogP contribution is -2.41. The number of nitrogens with zero attached hydrogens (tertiary/aromatic N) is 1. The van der Waals surface area contributed by atoms with E-state index in [9.17, 15) is 9.18 Å². The molecular formula is C18H27BFNO3. The summed E-state index contributed by atoms with van der Waals surface area (Å²) in [6, 6.07) is 4.70. The summed E-state index contributed by atoms with van der Waals surface area (Å²) in [6.07, 6.45) is 0.245. The molecule has 0 aromatic heterocycles. The summed E-state index contributed by atoms with van der Waals surface area (Å²) >= 11 is 0. The lowest BCUT2D eigenvalue weighted by molar-refractivity contribution is -0.130. The predicted octanol–water partition coefficient (Wildman–Crippen LogP) is 2.54. The minimum atomic E-state index is -0.765. The van der Waals surface area contributed by atoms with Crippen molar-refractivity contribution in [2.75, 3.05) is 13.1 Å². The van der Waals surface area contributed by atoms with Crippen molar-refractivity contribution in [3.8, 4) is 0 Å². The van der Waals surface area contributed by atoms with Crippen molar-refractivity contribution in [1.29, 1.82) is 0 Å². The van der Waals surface area contributed by atoms with Crippen molar-refractivity contribution in [3.63, 3.8) is 0 Å². The highest BCUT2D eigenvalue weighted by molar-refractivity contribution is 6.62. The van der Waals surface area contributed by atoms with E-state index in [-0.39, 0.29) is 18.1 Å². The summed E-state index contributed by atoms with van der Waals surface area (Å²) in [5, 5.41) is 0. The van der Waals surface area contributed by atoms with Crippen LogP contribution in [-0.2, 0) is 20.5 Å². The molecule has 0 aliphatic carbocycles. The van der Waals surface area contributed by atoms with Crippen LogP contribution in [0.4, 0.5) is 4.39 Å². The van der Waals surface area contributed by atoms with Crippen LogP contribution in [0, 0.1) is 5.82 Å². The van der Waals surface area contributed by atoms with Gasteiger partial charge in [-0.3, -0.25) is 4.79 Å². The molecule has 1 aromatic carbocycles. The maximum atomic E-state index is 14.3. The highest BCUT2D eigenvalue weighted by Gasteiger charge is 2.52. The molecule has 1 heterocycles. The van der Waals surface area contributed by atoms with Gasteiger partial charge in [0.15, 0.2) is 0 Å². The molecule has 1 aliphatic rings. The van der Waals surface area contributed by atoms with Crippen LogP contribution in [0.25, 0.3) is 0 Å². The Morgan fingerprint density at radius 1 is 1.12 bits per heavy atom. The van der Waals surface area contributed by atoms with Gasteiger partial charge in [0, 0.05) is 18.6 Å². The second kappa shape index (κ2) is 6.85. The average Bonchev–Trinajstić information content (AvgIpc) is 2.70. The molecule has 0 saturated carbocycles. The number of likely N-dealkylation sites (N-methyl/N-ethyl adjacent to an activating group) is 1. The molecule has 0 radical (unpaired) electrons. The number of hydrogen-bond donors (Lipinski definition) is 0. The Morgan fingerprint density at radius 3 is 2.17 bits per heavy atom. The molecule has 0 atom stereocenters. The van der Waals surface area contributed by atoms with E-state index >= 15 is 0 Å². The highest BCUT2D eigenvalue weighted by Crippen LogP contribution is 2.36. The molecular weight excluding hydrogens is 308 g/mol. The molecule has 2 rings (SSSR count). The van der Waals surface area contributed by atoms with Crippen molar-refractivity contribution < 1.29 is 18.5 Å². The predicted molar refractivity (Wildman–Crippen MR) is 93.7 cm³/mol. The summed E-state index contributed by atoms with van der Waals surface area (Å²) in [7, 11) is -0.765. The summed E-state index contributed by atoms with van der Waals surface area (Å²) in [6.45, 7) is 12.9. The van der Waals surface area contributed by atoms with Crippen molar-refractivity contribution in [2.24, 2.45) is 0 Å². The normalized spacial score (nSPS) is 18.7. The minimum Gasteiger partial charge on any atom is -0.399 e. The molecule has 1 aromatic rings. The Balaban J connectivity index is 2.23. The van der Waals surface area contributed by atoms with Gasteiger partial charge in [-0.05, 0) is 53.2 Å². The monoisotopic (exact) mass is 335 g/mol. The van der Waals surface area contributed by atoms with E-state index in [0.717, 1.165) is 5.56 Å². The number of benzene rings is 1. The van der Waals surface area contributed by atoms with E-state index in [1.165, 1.54) is 6.07 Å². The maximum absolute atomic E-state index is 14.3. The average molecular weight is 335 g/mol. The SMILES string of the molecule is CCN(CC)C(=O)Cc1ccc(F)c(B2OC(C)(C)C(C)(C)O2)c1. The fourth-order valence-electron chi connectivity index (χ4n) is 2.72. The number of halogens is 1. The minimum absolute atomic E-state index is 0.0338. The Morgan fingerprint density at radius 2 is 1.67 bits per heavy atom. The zero-order valence-corrected chi connectivity index (χ0v) is 15.5. The van der Waals surface area contributed by atoms with Gasteiger partial charge in [-0.2, -0.15) is 0 Å². The van der Waals surface area contributed by atoms with Crippen LogP contribution in [0.5, 0.6) is 0 Å². The molecule has 6 heteroatoms. The van der Waals surface area contributed by atoms with Gasteiger partial charge < -0.3 is 14.2 Å². The highest BCUT2D eigenvalue weighted by atomic mass is 19.1. The van der Waals surface area contributed by atoms with Crippen molar-refractivity contribution in [3.05, 3.63) is 29.6 Å². The van der Waals surface area contributed by atoms with E-state index in [4.69, 9.17) is 9.31 Å². The molecule has 1 aliphatic heterocycles. The maximum Gasteiger partial charge on any atom is 0.497 e. The third kappa shape index (κ3) is 3.65. The van der Waals surface area contributed by atoms with Gasteiger partial charge in [0.25, 0.3) is 0 Å². The van der Waals surface area contributed by atoms with E-state index < -0.39 is 18.3 Å². The summed E-state index contributed by atoms with van der Waals surface area (Å²) in [5.41, 5.74) is 0.0467. The molecule has 0 N–H and O–H groups in total. The molecule has 1 saturated heterocycles. The second-order valence-electron chi connectivity index (χ2n) is 7.19. The Bertz CT molecular complexity index is 598. The van der Waals surface area contributed by atoms with E-state index in [0.29, 0.717) is 18.6 Å². The van der Waals surface area contributed by atoms with Crippen LogP contribution in [0.3, 0.4) is 0 Å².